The molecular weight excluding hydrogens is 546 g/mol. The molecule has 0 saturated carbocycles. The third kappa shape index (κ3) is 4.48. The van der Waals surface area contributed by atoms with Gasteiger partial charge in [-0.1, -0.05) is 70.4 Å². The molecule has 7 rings (SSSR count). The van der Waals surface area contributed by atoms with Crippen LogP contribution >= 0.6 is 0 Å². The van der Waals surface area contributed by atoms with Crippen molar-refractivity contribution in [2.24, 2.45) is 0 Å². The number of fused-ring (bicyclic) bond motifs is 4. The van der Waals surface area contributed by atoms with E-state index in [1.54, 1.807) is 0 Å². The zero-order chi connectivity index (χ0) is 31.7. The first-order valence-corrected chi connectivity index (χ1v) is 13.9. The van der Waals surface area contributed by atoms with Gasteiger partial charge in [-0.25, -0.2) is 0 Å². The molecule has 14 radical (unpaired) electrons. The Morgan fingerprint density at radius 2 is 1.13 bits per heavy atom. The first-order chi connectivity index (χ1) is 21.6. The van der Waals surface area contributed by atoms with Gasteiger partial charge in [0.25, 0.3) is 0 Å². The number of hydrogen-bond donors (Lipinski definition) is 3. The minimum absolute atomic E-state index is 0.0130. The molecule has 45 heavy (non-hydrogen) atoms. The molecular formula is C34H16B7NO3. The number of phenolic OH excluding ortho intramolecular Hbond substituents is 2. The predicted octanol–water partition coefficient (Wildman–Crippen LogP) is 0.785. The first-order valence-electron chi connectivity index (χ1n) is 13.9. The highest BCUT2D eigenvalue weighted by Gasteiger charge is 2.23. The molecule has 0 aliphatic rings. The normalized spacial score (nSPS) is 11.5. The van der Waals surface area contributed by atoms with Gasteiger partial charge in [0, 0.05) is 33.3 Å². The van der Waals surface area contributed by atoms with Crippen LogP contribution in [-0.2, 0) is 0 Å². The molecule has 0 unspecified atom stereocenters. The Hall–Kier alpha value is -4.77. The van der Waals surface area contributed by atoms with Crippen molar-refractivity contribution in [3.63, 3.8) is 0 Å². The number of aromatic hydroxyl groups is 2. The molecule has 0 saturated heterocycles. The molecule has 0 amide bonds. The minimum Gasteiger partial charge on any atom is -0.508 e. The van der Waals surface area contributed by atoms with Crippen LogP contribution in [0.15, 0.2) is 83.3 Å². The summed E-state index contributed by atoms with van der Waals surface area (Å²) in [4.78, 5) is 0. The second-order valence-electron chi connectivity index (χ2n) is 10.9. The van der Waals surface area contributed by atoms with Crippen LogP contribution in [0.4, 0.5) is 11.4 Å². The molecule has 7 aromatic rings. The molecule has 1 aromatic heterocycles. The third-order valence-electron chi connectivity index (χ3n) is 8.30. The Morgan fingerprint density at radius 1 is 0.533 bits per heavy atom. The lowest BCUT2D eigenvalue weighted by Gasteiger charge is -2.25. The second-order valence-corrected chi connectivity index (χ2v) is 10.9. The second kappa shape index (κ2) is 10.7. The largest absolute Gasteiger partial charge is 0.508 e. The SMILES string of the molecule is [B]c1c([B])c([B])c(-c2c([B])c([B])c(Nc3ccc(-c4cccc5oc6cc7ccccc7cc6c45)cc3)c([B])c2O)c(O)c1[B]. The molecule has 6 aromatic carbocycles. The van der Waals surface area contributed by atoms with Gasteiger partial charge in [-0.05, 0) is 57.7 Å². The van der Waals surface area contributed by atoms with Crippen LogP contribution < -0.4 is 43.6 Å². The molecule has 4 nitrogen and oxygen atoms in total. The van der Waals surface area contributed by atoms with Gasteiger partial charge in [0.15, 0.2) is 0 Å². The average molecular weight is 562 g/mol. The van der Waals surface area contributed by atoms with Crippen molar-refractivity contribution in [3.8, 4) is 33.8 Å². The lowest BCUT2D eigenvalue weighted by atomic mass is 9.62. The van der Waals surface area contributed by atoms with E-state index in [-0.39, 0.29) is 55.1 Å². The Labute approximate surface area is 269 Å². The van der Waals surface area contributed by atoms with Crippen molar-refractivity contribution in [2.75, 3.05) is 5.32 Å². The number of rotatable bonds is 4. The molecule has 0 aliphatic carbocycles. The lowest BCUT2D eigenvalue weighted by Crippen LogP contribution is -2.49. The summed E-state index contributed by atoms with van der Waals surface area (Å²) in [5, 5.41) is 29.3. The summed E-state index contributed by atoms with van der Waals surface area (Å²) in [6.07, 6.45) is 0. The van der Waals surface area contributed by atoms with Crippen molar-refractivity contribution in [2.45, 2.75) is 0 Å². The van der Waals surface area contributed by atoms with E-state index in [9.17, 15) is 10.2 Å². The maximum Gasteiger partial charge on any atom is 0.136 e. The monoisotopic (exact) mass is 563 g/mol. The summed E-state index contributed by atoms with van der Waals surface area (Å²) < 4.78 is 6.23. The van der Waals surface area contributed by atoms with Gasteiger partial charge in [0.2, 0.25) is 0 Å². The number of hydrogen-bond acceptors (Lipinski definition) is 4. The van der Waals surface area contributed by atoms with E-state index >= 15 is 0 Å². The highest BCUT2D eigenvalue weighted by molar-refractivity contribution is 6.65. The van der Waals surface area contributed by atoms with E-state index in [1.807, 2.05) is 48.5 Å². The fraction of sp³-hybridized carbons (Fsp3) is 0. The van der Waals surface area contributed by atoms with Crippen LogP contribution in [0.1, 0.15) is 0 Å². The molecule has 0 bridgehead atoms. The van der Waals surface area contributed by atoms with Crippen LogP contribution in [0.5, 0.6) is 11.5 Å². The molecule has 0 fully saturated rings. The quantitative estimate of drug-likeness (QED) is 0.278. The Bertz CT molecular complexity index is 2290. The maximum atomic E-state index is 11.2. The lowest BCUT2D eigenvalue weighted by molar-refractivity contribution is 0.474. The molecule has 0 spiro atoms. The smallest absolute Gasteiger partial charge is 0.136 e. The maximum absolute atomic E-state index is 11.2. The Balaban J connectivity index is 1.28. The van der Waals surface area contributed by atoms with Crippen LogP contribution in [0.2, 0.25) is 0 Å². The standard InChI is InChI=1S/C34H16B7NO3/c35-25-23(33(43)30(40)28(38)27(25)37)24-26(36)29(39)32(31(41)34(24)44)42-17-10-8-14(9-11-17)18-6-3-7-20-22(18)19-12-15-4-1-2-5-16(15)13-21(19)45-20/h1-13,42-44H. The van der Waals surface area contributed by atoms with Gasteiger partial charge in [0.05, 0.1) is 0 Å². The molecule has 0 aliphatic heterocycles. The average Bonchev–Trinajstić information content (AvgIpc) is 3.42. The summed E-state index contributed by atoms with van der Waals surface area (Å²) in [6, 6.07) is 26.0. The minimum atomic E-state index is -0.509. The fourth-order valence-electron chi connectivity index (χ4n) is 5.88. The molecule has 196 valence electrons. The summed E-state index contributed by atoms with van der Waals surface area (Å²) in [6.45, 7) is 0. The van der Waals surface area contributed by atoms with Crippen molar-refractivity contribution < 1.29 is 14.6 Å². The summed E-state index contributed by atoms with van der Waals surface area (Å²) >= 11 is 0. The number of benzene rings is 6. The highest BCUT2D eigenvalue weighted by atomic mass is 16.3. The zero-order valence-electron chi connectivity index (χ0n) is 23.8. The van der Waals surface area contributed by atoms with Crippen LogP contribution in [0.3, 0.4) is 0 Å². The molecule has 1 heterocycles. The van der Waals surface area contributed by atoms with Crippen molar-refractivity contribution in [1.82, 2.24) is 0 Å². The van der Waals surface area contributed by atoms with Crippen molar-refractivity contribution in [1.29, 1.82) is 0 Å². The molecule has 11 heteroatoms. The topological polar surface area (TPSA) is 65.6 Å². The van der Waals surface area contributed by atoms with E-state index in [1.165, 1.54) is 0 Å². The van der Waals surface area contributed by atoms with Crippen LogP contribution in [0, 0.1) is 0 Å². The predicted molar refractivity (Wildman–Crippen MR) is 193 cm³/mol. The van der Waals surface area contributed by atoms with Crippen LogP contribution in [-0.4, -0.2) is 65.1 Å². The van der Waals surface area contributed by atoms with E-state index in [0.717, 1.165) is 43.8 Å². The molecule has 3 N–H and O–H groups in total. The van der Waals surface area contributed by atoms with E-state index in [4.69, 9.17) is 59.3 Å². The van der Waals surface area contributed by atoms with Crippen molar-refractivity contribution in [3.05, 3.63) is 78.9 Å². The third-order valence-corrected chi connectivity index (χ3v) is 8.30. The first kappa shape index (κ1) is 29.0. The summed E-state index contributed by atoms with van der Waals surface area (Å²) in [7, 11) is 43.0. The van der Waals surface area contributed by atoms with E-state index in [2.05, 4.69) is 35.6 Å². The number of anilines is 2. The van der Waals surface area contributed by atoms with E-state index < -0.39 is 11.5 Å². The van der Waals surface area contributed by atoms with Gasteiger partial charge < -0.3 is 19.9 Å². The van der Waals surface area contributed by atoms with Gasteiger partial charge >= 0.3 is 0 Å². The zero-order valence-corrected chi connectivity index (χ0v) is 23.8. The van der Waals surface area contributed by atoms with Crippen molar-refractivity contribution >= 4 is 137 Å². The number of nitrogens with one attached hydrogen (secondary N) is 1. The van der Waals surface area contributed by atoms with Crippen LogP contribution in [0.25, 0.3) is 55.0 Å². The molecule has 0 atom stereocenters. The Morgan fingerprint density at radius 3 is 1.82 bits per heavy atom. The van der Waals surface area contributed by atoms with Gasteiger partial charge in [0.1, 0.15) is 77.6 Å². The summed E-state index contributed by atoms with van der Waals surface area (Å²) in [5.41, 5.74) is 3.40. The highest BCUT2D eigenvalue weighted by Crippen LogP contribution is 2.39. The summed E-state index contributed by atoms with van der Waals surface area (Å²) in [5.74, 6) is -0.984. The number of phenols is 2. The van der Waals surface area contributed by atoms with Gasteiger partial charge in [-0.15, -0.1) is 10.9 Å². The number of furan rings is 1. The van der Waals surface area contributed by atoms with Gasteiger partial charge in [-0.2, -0.15) is 0 Å². The van der Waals surface area contributed by atoms with Gasteiger partial charge in [-0.3, -0.25) is 0 Å². The Kier molecular flexibility index (Phi) is 6.89. The van der Waals surface area contributed by atoms with E-state index in [0.29, 0.717) is 5.69 Å². The fourth-order valence-corrected chi connectivity index (χ4v) is 5.88.